The number of likely N-dealkylation sites (tertiary alicyclic amines) is 2. The molecule has 3 nitrogen and oxygen atoms in total. The fourth-order valence-electron chi connectivity index (χ4n) is 3.25. The van der Waals surface area contributed by atoms with Gasteiger partial charge in [-0.1, -0.05) is 13.8 Å². The lowest BCUT2D eigenvalue weighted by Gasteiger charge is -2.56. The fourth-order valence-corrected chi connectivity index (χ4v) is 3.25. The molecule has 0 unspecified atom stereocenters. The van der Waals surface area contributed by atoms with Crippen LogP contribution < -0.4 is 0 Å². The second-order valence-electron chi connectivity index (χ2n) is 7.51. The standard InChI is InChI=1S/C15H28N2O/c1-12(2)13(18)16-10-15(11-16)6-8-17(9-7-15)14(3,4)5/h12H,6-11H2,1-5H3. The molecule has 104 valence electrons. The van der Waals surface area contributed by atoms with Crippen molar-refractivity contribution in [3.05, 3.63) is 0 Å². The first-order chi connectivity index (χ1) is 8.23. The zero-order valence-corrected chi connectivity index (χ0v) is 12.6. The lowest BCUT2D eigenvalue weighted by Crippen LogP contribution is -2.63. The van der Waals surface area contributed by atoms with Crippen molar-refractivity contribution in [3.63, 3.8) is 0 Å². The van der Waals surface area contributed by atoms with Crippen LogP contribution in [0.1, 0.15) is 47.5 Å². The lowest BCUT2D eigenvalue weighted by atomic mass is 9.71. The van der Waals surface area contributed by atoms with Crippen LogP contribution in [0.2, 0.25) is 0 Å². The van der Waals surface area contributed by atoms with E-state index in [1.807, 2.05) is 13.8 Å². The van der Waals surface area contributed by atoms with Crippen LogP contribution in [0.15, 0.2) is 0 Å². The molecule has 3 heteroatoms. The Morgan fingerprint density at radius 1 is 1.11 bits per heavy atom. The summed E-state index contributed by atoms with van der Waals surface area (Å²) >= 11 is 0. The Labute approximate surface area is 112 Å². The maximum atomic E-state index is 11.9. The van der Waals surface area contributed by atoms with E-state index >= 15 is 0 Å². The maximum absolute atomic E-state index is 11.9. The molecule has 2 saturated heterocycles. The van der Waals surface area contributed by atoms with Crippen LogP contribution in [0.25, 0.3) is 0 Å². The van der Waals surface area contributed by atoms with Crippen LogP contribution in [-0.4, -0.2) is 47.4 Å². The predicted molar refractivity (Wildman–Crippen MR) is 74.4 cm³/mol. The van der Waals surface area contributed by atoms with Gasteiger partial charge in [0.05, 0.1) is 0 Å². The zero-order valence-electron chi connectivity index (χ0n) is 12.6. The Kier molecular flexibility index (Phi) is 3.48. The number of carbonyl (C=O) groups is 1. The van der Waals surface area contributed by atoms with Crippen molar-refractivity contribution in [2.24, 2.45) is 11.3 Å². The summed E-state index contributed by atoms with van der Waals surface area (Å²) in [6, 6.07) is 0. The molecule has 2 fully saturated rings. The van der Waals surface area contributed by atoms with Crippen LogP contribution in [0.4, 0.5) is 0 Å². The van der Waals surface area contributed by atoms with E-state index in [-0.39, 0.29) is 5.92 Å². The van der Waals surface area contributed by atoms with Crippen LogP contribution in [0.3, 0.4) is 0 Å². The highest BCUT2D eigenvalue weighted by atomic mass is 16.2. The quantitative estimate of drug-likeness (QED) is 0.715. The molecule has 0 bridgehead atoms. The van der Waals surface area contributed by atoms with E-state index in [2.05, 4.69) is 30.6 Å². The lowest BCUT2D eigenvalue weighted by molar-refractivity contribution is -0.151. The average Bonchev–Trinajstić information content (AvgIpc) is 2.23. The van der Waals surface area contributed by atoms with E-state index < -0.39 is 0 Å². The summed E-state index contributed by atoms with van der Waals surface area (Å²) < 4.78 is 0. The summed E-state index contributed by atoms with van der Waals surface area (Å²) in [7, 11) is 0. The molecule has 0 radical (unpaired) electrons. The molecule has 1 spiro atoms. The minimum absolute atomic E-state index is 0.150. The van der Waals surface area contributed by atoms with Gasteiger partial charge in [-0.05, 0) is 46.7 Å². The molecule has 0 aromatic carbocycles. The summed E-state index contributed by atoms with van der Waals surface area (Å²) in [5.74, 6) is 0.482. The highest BCUT2D eigenvalue weighted by molar-refractivity contribution is 5.79. The maximum Gasteiger partial charge on any atom is 0.225 e. The molecule has 2 heterocycles. The van der Waals surface area contributed by atoms with Crippen LogP contribution >= 0.6 is 0 Å². The van der Waals surface area contributed by atoms with Gasteiger partial charge < -0.3 is 4.90 Å². The molecule has 0 N–H and O–H groups in total. The first-order valence-electron chi connectivity index (χ1n) is 7.27. The monoisotopic (exact) mass is 252 g/mol. The summed E-state index contributed by atoms with van der Waals surface area (Å²) in [5.41, 5.74) is 0.741. The second-order valence-corrected chi connectivity index (χ2v) is 7.51. The molecule has 18 heavy (non-hydrogen) atoms. The summed E-state index contributed by atoms with van der Waals surface area (Å²) in [5, 5.41) is 0. The van der Waals surface area contributed by atoms with Crippen molar-refractivity contribution >= 4 is 5.91 Å². The smallest absolute Gasteiger partial charge is 0.225 e. The summed E-state index contributed by atoms with van der Waals surface area (Å²) in [6.07, 6.45) is 2.51. The first-order valence-corrected chi connectivity index (χ1v) is 7.27. The van der Waals surface area contributed by atoms with Crippen molar-refractivity contribution < 1.29 is 4.79 Å². The minimum Gasteiger partial charge on any atom is -0.341 e. The number of hydrogen-bond acceptors (Lipinski definition) is 2. The van der Waals surface area contributed by atoms with Gasteiger partial charge in [0.15, 0.2) is 0 Å². The molecule has 0 saturated carbocycles. The highest BCUT2D eigenvalue weighted by Gasteiger charge is 2.47. The first kappa shape index (κ1) is 13.9. The van der Waals surface area contributed by atoms with Gasteiger partial charge in [-0.3, -0.25) is 9.69 Å². The predicted octanol–water partition coefficient (Wildman–Crippen LogP) is 2.37. The molecule has 0 atom stereocenters. The van der Waals surface area contributed by atoms with Gasteiger partial charge in [-0.2, -0.15) is 0 Å². The van der Waals surface area contributed by atoms with Gasteiger partial charge in [0, 0.05) is 30.0 Å². The largest absolute Gasteiger partial charge is 0.341 e. The molecular weight excluding hydrogens is 224 g/mol. The molecule has 1 amide bonds. The van der Waals surface area contributed by atoms with Gasteiger partial charge in [0.25, 0.3) is 0 Å². The third-order valence-electron chi connectivity index (χ3n) is 4.63. The SMILES string of the molecule is CC(C)C(=O)N1CC2(CCN(C(C)(C)C)CC2)C1. The van der Waals surface area contributed by atoms with Crippen molar-refractivity contribution in [2.45, 2.75) is 53.0 Å². The van der Waals surface area contributed by atoms with Crippen molar-refractivity contribution in [1.82, 2.24) is 9.80 Å². The molecule has 0 aliphatic carbocycles. The van der Waals surface area contributed by atoms with E-state index in [1.54, 1.807) is 0 Å². The second kappa shape index (κ2) is 4.52. The van der Waals surface area contributed by atoms with Gasteiger partial charge in [0.2, 0.25) is 5.91 Å². The number of amides is 1. The van der Waals surface area contributed by atoms with E-state index in [1.165, 1.54) is 25.9 Å². The normalized spacial score (nSPS) is 24.4. The molecule has 0 aromatic heterocycles. The van der Waals surface area contributed by atoms with Crippen molar-refractivity contribution in [1.29, 1.82) is 0 Å². The minimum atomic E-state index is 0.150. The van der Waals surface area contributed by atoms with E-state index in [0.717, 1.165) is 13.1 Å². The van der Waals surface area contributed by atoms with E-state index in [0.29, 0.717) is 16.9 Å². The van der Waals surface area contributed by atoms with Crippen LogP contribution in [-0.2, 0) is 4.79 Å². The average molecular weight is 252 g/mol. The van der Waals surface area contributed by atoms with Crippen molar-refractivity contribution in [3.8, 4) is 0 Å². The Balaban J connectivity index is 1.84. The van der Waals surface area contributed by atoms with Gasteiger partial charge in [-0.25, -0.2) is 0 Å². The number of hydrogen-bond donors (Lipinski definition) is 0. The number of nitrogens with zero attached hydrogens (tertiary/aromatic N) is 2. The highest BCUT2D eigenvalue weighted by Crippen LogP contribution is 2.42. The van der Waals surface area contributed by atoms with Crippen LogP contribution in [0, 0.1) is 11.3 Å². The molecule has 2 aliphatic rings. The zero-order chi connectivity index (χ0) is 13.6. The topological polar surface area (TPSA) is 23.6 Å². The Hall–Kier alpha value is -0.570. The number of carbonyl (C=O) groups excluding carboxylic acids is 1. The van der Waals surface area contributed by atoms with Gasteiger partial charge >= 0.3 is 0 Å². The molecule has 2 rings (SSSR count). The summed E-state index contributed by atoms with van der Waals surface area (Å²) in [4.78, 5) is 16.5. The van der Waals surface area contributed by atoms with E-state index in [4.69, 9.17) is 0 Å². The van der Waals surface area contributed by atoms with Crippen LogP contribution in [0.5, 0.6) is 0 Å². The Morgan fingerprint density at radius 2 is 1.61 bits per heavy atom. The number of rotatable bonds is 1. The summed E-state index contributed by atoms with van der Waals surface area (Å²) in [6.45, 7) is 15.2. The molecule has 2 aliphatic heterocycles. The van der Waals surface area contributed by atoms with E-state index in [9.17, 15) is 4.79 Å². The fraction of sp³-hybridized carbons (Fsp3) is 0.933. The molecule has 0 aromatic rings. The molecular formula is C15H28N2O. The van der Waals surface area contributed by atoms with Gasteiger partial charge in [0.1, 0.15) is 0 Å². The third kappa shape index (κ3) is 2.56. The van der Waals surface area contributed by atoms with Gasteiger partial charge in [-0.15, -0.1) is 0 Å². The third-order valence-corrected chi connectivity index (χ3v) is 4.63. The Bertz CT molecular complexity index is 314. The number of piperidine rings is 1. The Morgan fingerprint density at radius 3 is 2.00 bits per heavy atom. The van der Waals surface area contributed by atoms with Crippen molar-refractivity contribution in [2.75, 3.05) is 26.2 Å².